The molecule has 0 bridgehead atoms. The molecule has 1 aromatic carbocycles. The number of hydrogen-bond donors (Lipinski definition) is 1. The molecule has 1 fully saturated rings. The molecule has 3 aromatic rings. The van der Waals surface area contributed by atoms with Crippen molar-refractivity contribution in [3.8, 4) is 10.4 Å². The Labute approximate surface area is 168 Å². The lowest BCUT2D eigenvalue weighted by Crippen LogP contribution is -2.43. The summed E-state index contributed by atoms with van der Waals surface area (Å²) in [4.78, 5) is 15.7. The van der Waals surface area contributed by atoms with Gasteiger partial charge in [-0.05, 0) is 23.6 Å². The molecule has 1 aliphatic heterocycles. The number of rotatable bonds is 5. The lowest BCUT2D eigenvalue weighted by molar-refractivity contribution is 0.0418. The molecule has 0 spiro atoms. The van der Waals surface area contributed by atoms with E-state index in [1.807, 2.05) is 41.9 Å². The van der Waals surface area contributed by atoms with Crippen molar-refractivity contribution in [2.75, 3.05) is 13.1 Å². The summed E-state index contributed by atoms with van der Waals surface area (Å²) in [5, 5.41) is 8.61. The predicted octanol–water partition coefficient (Wildman–Crippen LogP) is 5.19. The van der Waals surface area contributed by atoms with Crippen molar-refractivity contribution in [3.05, 3.63) is 64.8 Å². The Morgan fingerprint density at radius 3 is 2.82 bits per heavy atom. The van der Waals surface area contributed by atoms with Gasteiger partial charge in [0, 0.05) is 47.9 Å². The first-order chi connectivity index (χ1) is 13.6. The van der Waals surface area contributed by atoms with Crippen molar-refractivity contribution >= 4 is 17.2 Å². The Balaban J connectivity index is 1.46. The Bertz CT molecular complexity index is 942. The Kier molecular flexibility index (Phi) is 5.31. The summed E-state index contributed by atoms with van der Waals surface area (Å²) in [7, 11) is 0. The third-order valence-electron chi connectivity index (χ3n) is 5.49. The molecule has 0 aliphatic carbocycles. The van der Waals surface area contributed by atoms with Gasteiger partial charge in [-0.2, -0.15) is 5.10 Å². The molecule has 6 heteroatoms. The highest BCUT2D eigenvalue weighted by molar-refractivity contribution is 7.13. The van der Waals surface area contributed by atoms with E-state index in [1.165, 1.54) is 11.3 Å². The van der Waals surface area contributed by atoms with E-state index >= 15 is 4.39 Å². The Morgan fingerprint density at radius 1 is 1.32 bits per heavy atom. The van der Waals surface area contributed by atoms with Crippen molar-refractivity contribution in [1.29, 1.82) is 0 Å². The van der Waals surface area contributed by atoms with E-state index in [9.17, 15) is 4.79 Å². The van der Waals surface area contributed by atoms with Gasteiger partial charge in [0.1, 0.15) is 5.67 Å². The van der Waals surface area contributed by atoms with Crippen LogP contribution in [-0.4, -0.2) is 34.1 Å². The van der Waals surface area contributed by atoms with E-state index in [0.717, 1.165) is 34.4 Å². The van der Waals surface area contributed by atoms with Crippen molar-refractivity contribution < 1.29 is 9.18 Å². The predicted molar refractivity (Wildman–Crippen MR) is 110 cm³/mol. The minimum atomic E-state index is -1.35. The van der Waals surface area contributed by atoms with Crippen molar-refractivity contribution in [3.63, 3.8) is 0 Å². The molecule has 0 unspecified atom stereocenters. The molecule has 4 rings (SSSR count). The van der Waals surface area contributed by atoms with Crippen molar-refractivity contribution in [1.82, 2.24) is 15.1 Å². The highest BCUT2D eigenvalue weighted by Gasteiger charge is 2.39. The standard InChI is InChI=1S/C22H24FN3OS/c1-2-5-16-6-3-4-7-19(16)22(23)8-10-26(11-9-22)21(27)17-12-20(28-15-17)18-13-24-25-14-18/h3-4,6-7,12-15H,2,5,8-11H2,1H3,(H,24,25). The number of aromatic amines is 1. The maximum absolute atomic E-state index is 15.8. The van der Waals surface area contributed by atoms with E-state index in [0.29, 0.717) is 31.5 Å². The van der Waals surface area contributed by atoms with Crippen molar-refractivity contribution in [2.24, 2.45) is 0 Å². The van der Waals surface area contributed by atoms with Crippen LogP contribution in [0.4, 0.5) is 4.39 Å². The van der Waals surface area contributed by atoms with Crippen LogP contribution in [0.3, 0.4) is 0 Å². The lowest BCUT2D eigenvalue weighted by atomic mass is 9.82. The number of H-pyrrole nitrogens is 1. The number of piperidine rings is 1. The fourth-order valence-electron chi connectivity index (χ4n) is 3.95. The van der Waals surface area contributed by atoms with Gasteiger partial charge in [0.2, 0.25) is 0 Å². The molecule has 1 amide bonds. The first kappa shape index (κ1) is 18.9. The SMILES string of the molecule is CCCc1ccccc1C1(F)CCN(C(=O)c2csc(-c3cn[nH]c3)c2)CC1. The molecule has 1 aliphatic rings. The second kappa shape index (κ2) is 7.87. The van der Waals surface area contributed by atoms with Gasteiger partial charge in [-0.1, -0.05) is 37.6 Å². The average Bonchev–Trinajstić information content (AvgIpc) is 3.40. The van der Waals surface area contributed by atoms with Crippen LogP contribution in [0, 0.1) is 0 Å². The summed E-state index contributed by atoms with van der Waals surface area (Å²) in [6.07, 6.45) is 6.12. The van der Waals surface area contributed by atoms with E-state index in [4.69, 9.17) is 0 Å². The molecule has 2 aromatic heterocycles. The molecule has 0 atom stereocenters. The summed E-state index contributed by atoms with van der Waals surface area (Å²) in [5.74, 6) is -0.0186. The smallest absolute Gasteiger partial charge is 0.254 e. The number of aryl methyl sites for hydroxylation is 1. The summed E-state index contributed by atoms with van der Waals surface area (Å²) in [6, 6.07) is 9.73. The number of alkyl halides is 1. The highest BCUT2D eigenvalue weighted by Crippen LogP contribution is 2.39. The normalized spacial score (nSPS) is 16.3. The molecule has 28 heavy (non-hydrogen) atoms. The summed E-state index contributed by atoms with van der Waals surface area (Å²) < 4.78 is 15.8. The molecule has 0 radical (unpaired) electrons. The second-order valence-corrected chi connectivity index (χ2v) is 8.26. The number of thiophene rings is 1. The number of hydrogen-bond acceptors (Lipinski definition) is 3. The zero-order chi connectivity index (χ0) is 19.6. The first-order valence-electron chi connectivity index (χ1n) is 9.75. The number of likely N-dealkylation sites (tertiary alicyclic amines) is 1. The molecular weight excluding hydrogens is 373 g/mol. The van der Waals surface area contributed by atoms with Gasteiger partial charge in [0.05, 0.1) is 11.8 Å². The van der Waals surface area contributed by atoms with Crippen LogP contribution in [-0.2, 0) is 12.1 Å². The maximum Gasteiger partial charge on any atom is 0.254 e. The van der Waals surface area contributed by atoms with Crippen LogP contribution in [0.1, 0.15) is 47.7 Å². The minimum Gasteiger partial charge on any atom is -0.338 e. The molecule has 146 valence electrons. The van der Waals surface area contributed by atoms with E-state index in [2.05, 4.69) is 17.1 Å². The van der Waals surface area contributed by atoms with E-state index in [-0.39, 0.29) is 5.91 Å². The number of halogens is 1. The van der Waals surface area contributed by atoms with Crippen molar-refractivity contribution in [2.45, 2.75) is 38.3 Å². The fraction of sp³-hybridized carbons (Fsp3) is 0.364. The van der Waals surface area contributed by atoms with Gasteiger partial charge >= 0.3 is 0 Å². The van der Waals surface area contributed by atoms with Crippen LogP contribution < -0.4 is 0 Å². The third kappa shape index (κ3) is 3.61. The van der Waals surface area contributed by atoms with Gasteiger partial charge < -0.3 is 4.90 Å². The zero-order valence-electron chi connectivity index (χ0n) is 16.0. The van der Waals surface area contributed by atoms with Gasteiger partial charge in [-0.15, -0.1) is 11.3 Å². The number of carbonyl (C=O) groups is 1. The fourth-order valence-corrected chi connectivity index (χ4v) is 4.81. The zero-order valence-corrected chi connectivity index (χ0v) is 16.8. The molecule has 1 N–H and O–H groups in total. The molecular formula is C22H24FN3OS. The topological polar surface area (TPSA) is 49.0 Å². The number of nitrogens with zero attached hydrogens (tertiary/aromatic N) is 2. The van der Waals surface area contributed by atoms with Crippen LogP contribution in [0.15, 0.2) is 48.1 Å². The van der Waals surface area contributed by atoms with Crippen LogP contribution >= 0.6 is 11.3 Å². The van der Waals surface area contributed by atoms with E-state index < -0.39 is 5.67 Å². The van der Waals surface area contributed by atoms with Gasteiger partial charge in [-0.25, -0.2) is 4.39 Å². The minimum absolute atomic E-state index is 0.0186. The monoisotopic (exact) mass is 397 g/mol. The second-order valence-electron chi connectivity index (χ2n) is 7.35. The van der Waals surface area contributed by atoms with Gasteiger partial charge in [0.15, 0.2) is 0 Å². The van der Waals surface area contributed by atoms with Crippen LogP contribution in [0.25, 0.3) is 10.4 Å². The van der Waals surface area contributed by atoms with Gasteiger partial charge in [-0.3, -0.25) is 9.89 Å². The number of benzene rings is 1. The third-order valence-corrected chi connectivity index (χ3v) is 6.47. The summed E-state index contributed by atoms with van der Waals surface area (Å²) in [6.45, 7) is 2.99. The molecule has 1 saturated heterocycles. The number of aromatic nitrogens is 2. The Morgan fingerprint density at radius 2 is 2.11 bits per heavy atom. The van der Waals surface area contributed by atoms with Crippen LogP contribution in [0.5, 0.6) is 0 Å². The number of amides is 1. The molecule has 3 heterocycles. The number of nitrogens with one attached hydrogen (secondary N) is 1. The first-order valence-corrected chi connectivity index (χ1v) is 10.6. The Hall–Kier alpha value is -2.47. The number of carbonyl (C=O) groups excluding carboxylic acids is 1. The van der Waals surface area contributed by atoms with Crippen LogP contribution in [0.2, 0.25) is 0 Å². The highest BCUT2D eigenvalue weighted by atomic mass is 32.1. The largest absolute Gasteiger partial charge is 0.338 e. The van der Waals surface area contributed by atoms with Gasteiger partial charge in [0.25, 0.3) is 5.91 Å². The average molecular weight is 398 g/mol. The summed E-state index contributed by atoms with van der Waals surface area (Å²) >= 11 is 1.52. The van der Waals surface area contributed by atoms with E-state index in [1.54, 1.807) is 11.1 Å². The summed E-state index contributed by atoms with van der Waals surface area (Å²) in [5.41, 5.74) is 2.19. The lowest BCUT2D eigenvalue weighted by Gasteiger charge is -2.37. The molecule has 4 nitrogen and oxygen atoms in total. The molecule has 0 saturated carbocycles. The maximum atomic E-state index is 15.8. The quantitative estimate of drug-likeness (QED) is 0.644.